The Balaban J connectivity index is 2.38. The third-order valence-corrected chi connectivity index (χ3v) is 6.01. The minimum atomic E-state index is -3.78. The van der Waals surface area contributed by atoms with Gasteiger partial charge in [-0.05, 0) is 51.5 Å². The maximum atomic E-state index is 13.4. The number of hydrogen-bond donors (Lipinski definition) is 1. The first-order valence-electron chi connectivity index (χ1n) is 10.2. The van der Waals surface area contributed by atoms with E-state index in [0.717, 1.165) is 16.1 Å². The van der Waals surface area contributed by atoms with Crippen LogP contribution < -0.4 is 9.62 Å². The minimum absolute atomic E-state index is 0.158. The number of amides is 2. The number of nitrogens with zero attached hydrogens (tertiary/aromatic N) is 2. The average molecular weight is 480 g/mol. The molecule has 0 spiro atoms. The summed E-state index contributed by atoms with van der Waals surface area (Å²) in [5.74, 6) is -0.828. The summed E-state index contributed by atoms with van der Waals surface area (Å²) in [4.78, 5) is 27.6. The van der Waals surface area contributed by atoms with Crippen molar-refractivity contribution in [2.24, 2.45) is 0 Å². The van der Waals surface area contributed by atoms with E-state index in [-0.39, 0.29) is 18.1 Å². The molecular weight excluding hydrogens is 450 g/mol. The van der Waals surface area contributed by atoms with Crippen LogP contribution in [0.15, 0.2) is 54.6 Å². The fraction of sp³-hybridized carbons (Fsp3) is 0.391. The molecule has 2 aromatic rings. The number of anilines is 1. The Morgan fingerprint density at radius 1 is 1.06 bits per heavy atom. The van der Waals surface area contributed by atoms with Gasteiger partial charge in [0.05, 0.1) is 11.9 Å². The van der Waals surface area contributed by atoms with Crippen molar-refractivity contribution in [3.05, 3.63) is 65.2 Å². The second kappa shape index (κ2) is 10.4. The lowest BCUT2D eigenvalue weighted by atomic mass is 10.1. The van der Waals surface area contributed by atoms with Crippen LogP contribution in [0.1, 0.15) is 33.3 Å². The van der Waals surface area contributed by atoms with Crippen LogP contribution in [0.4, 0.5) is 5.69 Å². The zero-order chi connectivity index (χ0) is 24.1. The smallest absolute Gasteiger partial charge is 0.244 e. The molecule has 0 aliphatic carbocycles. The average Bonchev–Trinajstić information content (AvgIpc) is 2.68. The molecule has 7 nitrogen and oxygen atoms in total. The molecule has 0 radical (unpaired) electrons. The van der Waals surface area contributed by atoms with Gasteiger partial charge in [0.15, 0.2) is 0 Å². The lowest BCUT2D eigenvalue weighted by Crippen LogP contribution is -2.54. The lowest BCUT2D eigenvalue weighted by molar-refractivity contribution is -0.140. The van der Waals surface area contributed by atoms with Gasteiger partial charge >= 0.3 is 0 Å². The second-order valence-corrected chi connectivity index (χ2v) is 11.0. The van der Waals surface area contributed by atoms with Gasteiger partial charge < -0.3 is 10.2 Å². The summed E-state index contributed by atoms with van der Waals surface area (Å²) in [6, 6.07) is 14.7. The zero-order valence-corrected chi connectivity index (χ0v) is 20.6. The molecule has 174 valence electrons. The molecular formula is C23H30ClN3O4S. The standard InChI is InChI=1S/C23H30ClN3O4S/c1-17(22(29)25-23(2,3)4)26(15-18-10-7-6-8-11-18)21(28)16-27(32(5,30)31)20-13-9-12-19(24)14-20/h6-14,17H,15-16H2,1-5H3,(H,25,29)/t17-/m0/s1. The SMILES string of the molecule is C[C@@H](C(=O)NC(C)(C)C)N(Cc1ccccc1)C(=O)CN(c1cccc(Cl)c1)S(C)(=O)=O. The van der Waals surface area contributed by atoms with Crippen LogP contribution in [0.25, 0.3) is 0 Å². The van der Waals surface area contributed by atoms with Crippen molar-refractivity contribution >= 4 is 39.1 Å². The van der Waals surface area contributed by atoms with Gasteiger partial charge in [-0.15, -0.1) is 0 Å². The number of sulfonamides is 1. The molecule has 0 aromatic heterocycles. The Bertz CT molecular complexity index is 1050. The third kappa shape index (κ3) is 7.53. The summed E-state index contributed by atoms with van der Waals surface area (Å²) >= 11 is 6.03. The van der Waals surface area contributed by atoms with Gasteiger partial charge in [0.1, 0.15) is 12.6 Å². The molecule has 1 N–H and O–H groups in total. The normalized spacial score (nSPS) is 12.7. The van der Waals surface area contributed by atoms with Gasteiger partial charge in [-0.1, -0.05) is 48.0 Å². The van der Waals surface area contributed by atoms with Crippen molar-refractivity contribution in [1.29, 1.82) is 0 Å². The van der Waals surface area contributed by atoms with Gasteiger partial charge in [-0.25, -0.2) is 8.42 Å². The van der Waals surface area contributed by atoms with Crippen LogP contribution in [0, 0.1) is 0 Å². The topological polar surface area (TPSA) is 86.8 Å². The molecule has 32 heavy (non-hydrogen) atoms. The molecule has 0 saturated carbocycles. The predicted molar refractivity (Wildman–Crippen MR) is 128 cm³/mol. The number of hydrogen-bond acceptors (Lipinski definition) is 4. The Hall–Kier alpha value is -2.58. The summed E-state index contributed by atoms with van der Waals surface area (Å²) < 4.78 is 26.0. The molecule has 9 heteroatoms. The summed E-state index contributed by atoms with van der Waals surface area (Å²) in [5, 5.41) is 3.23. The van der Waals surface area contributed by atoms with Gasteiger partial charge in [0.25, 0.3) is 0 Å². The highest BCUT2D eigenvalue weighted by Gasteiger charge is 2.31. The van der Waals surface area contributed by atoms with Crippen molar-refractivity contribution in [3.63, 3.8) is 0 Å². The number of rotatable bonds is 8. The van der Waals surface area contributed by atoms with Crippen LogP contribution in [0.5, 0.6) is 0 Å². The van der Waals surface area contributed by atoms with Crippen LogP contribution in [0.3, 0.4) is 0 Å². The minimum Gasteiger partial charge on any atom is -0.350 e. The highest BCUT2D eigenvalue weighted by Crippen LogP contribution is 2.22. The number of halogens is 1. The largest absolute Gasteiger partial charge is 0.350 e. The number of nitrogens with one attached hydrogen (secondary N) is 1. The highest BCUT2D eigenvalue weighted by atomic mass is 35.5. The van der Waals surface area contributed by atoms with E-state index in [9.17, 15) is 18.0 Å². The Labute approximate surface area is 195 Å². The summed E-state index contributed by atoms with van der Waals surface area (Å²) in [7, 11) is -3.78. The van der Waals surface area contributed by atoms with Crippen LogP contribution in [0.2, 0.25) is 5.02 Å². The first kappa shape index (κ1) is 25.7. The third-order valence-electron chi connectivity index (χ3n) is 4.64. The van der Waals surface area contributed by atoms with Gasteiger partial charge in [-0.2, -0.15) is 0 Å². The van der Waals surface area contributed by atoms with Crippen LogP contribution in [-0.2, 0) is 26.2 Å². The molecule has 0 bridgehead atoms. The fourth-order valence-electron chi connectivity index (χ4n) is 3.08. The van der Waals surface area contributed by atoms with Crippen molar-refractivity contribution in [2.45, 2.75) is 45.8 Å². The van der Waals surface area contributed by atoms with E-state index >= 15 is 0 Å². The summed E-state index contributed by atoms with van der Waals surface area (Å²) in [5.41, 5.74) is 0.622. The molecule has 2 rings (SSSR count). The second-order valence-electron chi connectivity index (χ2n) is 8.67. The van der Waals surface area contributed by atoms with E-state index in [1.807, 2.05) is 51.1 Å². The number of carbonyl (C=O) groups excluding carboxylic acids is 2. The molecule has 2 aromatic carbocycles. The quantitative estimate of drug-likeness (QED) is 0.628. The molecule has 0 unspecified atom stereocenters. The monoisotopic (exact) mass is 479 g/mol. The summed E-state index contributed by atoms with van der Waals surface area (Å²) in [6.07, 6.45) is 1.03. The van der Waals surface area contributed by atoms with Gasteiger partial charge in [0, 0.05) is 17.1 Å². The zero-order valence-electron chi connectivity index (χ0n) is 19.0. The van der Waals surface area contributed by atoms with Crippen molar-refractivity contribution in [3.8, 4) is 0 Å². The van der Waals surface area contributed by atoms with Crippen molar-refractivity contribution in [2.75, 3.05) is 17.1 Å². The molecule has 0 fully saturated rings. The van der Waals surface area contributed by atoms with E-state index in [4.69, 9.17) is 11.6 Å². The highest BCUT2D eigenvalue weighted by molar-refractivity contribution is 7.92. The Kier molecular flexibility index (Phi) is 8.31. The Morgan fingerprint density at radius 2 is 1.69 bits per heavy atom. The van der Waals surface area contributed by atoms with E-state index < -0.39 is 34.1 Å². The molecule has 0 aliphatic rings. The van der Waals surface area contributed by atoms with E-state index in [1.165, 1.54) is 11.0 Å². The van der Waals surface area contributed by atoms with E-state index in [0.29, 0.717) is 5.02 Å². The molecule has 1 atom stereocenters. The molecule has 0 heterocycles. The van der Waals surface area contributed by atoms with Gasteiger partial charge in [-0.3, -0.25) is 13.9 Å². The summed E-state index contributed by atoms with van der Waals surface area (Å²) in [6.45, 7) is 6.89. The maximum Gasteiger partial charge on any atom is 0.244 e. The Morgan fingerprint density at radius 3 is 2.22 bits per heavy atom. The number of benzene rings is 2. The van der Waals surface area contributed by atoms with Crippen LogP contribution in [-0.4, -0.2) is 49.5 Å². The number of carbonyl (C=O) groups is 2. The lowest BCUT2D eigenvalue weighted by Gasteiger charge is -2.33. The predicted octanol–water partition coefficient (Wildman–Crippen LogP) is 3.44. The van der Waals surface area contributed by atoms with E-state index in [2.05, 4.69) is 5.32 Å². The molecule has 0 aliphatic heterocycles. The molecule has 0 saturated heterocycles. The van der Waals surface area contributed by atoms with Gasteiger partial charge in [0.2, 0.25) is 21.8 Å². The first-order valence-corrected chi connectivity index (χ1v) is 12.4. The maximum absolute atomic E-state index is 13.4. The molecule has 2 amide bonds. The fourth-order valence-corrected chi connectivity index (χ4v) is 4.11. The van der Waals surface area contributed by atoms with Crippen molar-refractivity contribution in [1.82, 2.24) is 10.2 Å². The van der Waals surface area contributed by atoms with E-state index in [1.54, 1.807) is 25.1 Å². The first-order chi connectivity index (χ1) is 14.8. The van der Waals surface area contributed by atoms with Crippen LogP contribution >= 0.6 is 11.6 Å². The van der Waals surface area contributed by atoms with Crippen molar-refractivity contribution < 1.29 is 18.0 Å².